The number of carbonyl (C=O) groups is 1. The lowest BCUT2D eigenvalue weighted by Gasteiger charge is -2.13. The summed E-state index contributed by atoms with van der Waals surface area (Å²) in [6.45, 7) is 3.52. The fourth-order valence-corrected chi connectivity index (χ4v) is 1.00. The van der Waals surface area contributed by atoms with E-state index in [0.717, 1.165) is 5.75 Å². The van der Waals surface area contributed by atoms with Crippen LogP contribution in [0.3, 0.4) is 0 Å². The Morgan fingerprint density at radius 1 is 1.36 bits per heavy atom. The van der Waals surface area contributed by atoms with E-state index in [1.165, 1.54) is 6.92 Å². The standard InChI is InChI=1S/C11H14O3/c1-9(8-13-10(2)12)14-11-6-4-3-5-7-11/h3-7,9H,8H2,1-2H3/t9-/m0/s1. The molecule has 0 bridgehead atoms. The summed E-state index contributed by atoms with van der Waals surface area (Å²) in [4.78, 5) is 10.5. The molecule has 14 heavy (non-hydrogen) atoms. The topological polar surface area (TPSA) is 35.5 Å². The van der Waals surface area contributed by atoms with Crippen LogP contribution in [0.5, 0.6) is 5.75 Å². The molecule has 1 atom stereocenters. The van der Waals surface area contributed by atoms with E-state index in [1.807, 2.05) is 37.3 Å². The minimum absolute atomic E-state index is 0.124. The third kappa shape index (κ3) is 3.94. The maximum absolute atomic E-state index is 10.5. The van der Waals surface area contributed by atoms with Crippen molar-refractivity contribution in [2.75, 3.05) is 6.61 Å². The molecule has 0 aromatic heterocycles. The molecule has 0 aliphatic carbocycles. The van der Waals surface area contributed by atoms with Crippen LogP contribution < -0.4 is 4.74 Å². The number of benzene rings is 1. The van der Waals surface area contributed by atoms with Crippen LogP contribution in [0.1, 0.15) is 13.8 Å². The van der Waals surface area contributed by atoms with E-state index >= 15 is 0 Å². The van der Waals surface area contributed by atoms with E-state index < -0.39 is 0 Å². The Morgan fingerprint density at radius 2 is 2.00 bits per heavy atom. The average molecular weight is 194 g/mol. The molecule has 0 fully saturated rings. The monoisotopic (exact) mass is 194 g/mol. The van der Waals surface area contributed by atoms with E-state index in [9.17, 15) is 4.79 Å². The van der Waals surface area contributed by atoms with Crippen molar-refractivity contribution in [3.8, 4) is 5.75 Å². The molecule has 0 aliphatic heterocycles. The fourth-order valence-electron chi connectivity index (χ4n) is 1.00. The van der Waals surface area contributed by atoms with Gasteiger partial charge in [0.1, 0.15) is 18.5 Å². The van der Waals surface area contributed by atoms with Crippen molar-refractivity contribution in [1.82, 2.24) is 0 Å². The molecule has 3 heteroatoms. The Morgan fingerprint density at radius 3 is 2.57 bits per heavy atom. The molecule has 0 saturated carbocycles. The van der Waals surface area contributed by atoms with Gasteiger partial charge in [0.2, 0.25) is 0 Å². The fraction of sp³-hybridized carbons (Fsp3) is 0.364. The minimum Gasteiger partial charge on any atom is -0.487 e. The van der Waals surface area contributed by atoms with Gasteiger partial charge in [0.05, 0.1) is 0 Å². The molecule has 3 nitrogen and oxygen atoms in total. The molecule has 0 N–H and O–H groups in total. The first-order valence-corrected chi connectivity index (χ1v) is 4.53. The van der Waals surface area contributed by atoms with Gasteiger partial charge in [0.15, 0.2) is 0 Å². The quantitative estimate of drug-likeness (QED) is 0.688. The van der Waals surface area contributed by atoms with Crippen molar-refractivity contribution in [3.05, 3.63) is 30.3 Å². The van der Waals surface area contributed by atoms with Gasteiger partial charge in [-0.1, -0.05) is 18.2 Å². The molecule has 0 aliphatic rings. The van der Waals surface area contributed by atoms with Crippen molar-refractivity contribution < 1.29 is 14.3 Å². The van der Waals surface area contributed by atoms with E-state index in [-0.39, 0.29) is 18.7 Å². The third-order valence-corrected chi connectivity index (χ3v) is 1.60. The van der Waals surface area contributed by atoms with Crippen molar-refractivity contribution >= 4 is 5.97 Å². The van der Waals surface area contributed by atoms with Gasteiger partial charge in [-0.3, -0.25) is 4.79 Å². The van der Waals surface area contributed by atoms with Crippen LogP contribution in [0.2, 0.25) is 0 Å². The zero-order valence-electron chi connectivity index (χ0n) is 8.40. The van der Waals surface area contributed by atoms with Gasteiger partial charge in [0.25, 0.3) is 0 Å². The second-order valence-corrected chi connectivity index (χ2v) is 3.04. The molecular weight excluding hydrogens is 180 g/mol. The van der Waals surface area contributed by atoms with Crippen molar-refractivity contribution in [3.63, 3.8) is 0 Å². The van der Waals surface area contributed by atoms with Crippen LogP contribution in [-0.2, 0) is 9.53 Å². The largest absolute Gasteiger partial charge is 0.487 e. The number of para-hydroxylation sites is 1. The molecule has 0 heterocycles. The predicted molar refractivity (Wildman–Crippen MR) is 53.2 cm³/mol. The summed E-state index contributed by atoms with van der Waals surface area (Å²) >= 11 is 0. The number of esters is 1. The summed E-state index contributed by atoms with van der Waals surface area (Å²) in [5.74, 6) is 0.501. The molecule has 1 aromatic carbocycles. The van der Waals surface area contributed by atoms with Crippen molar-refractivity contribution in [2.24, 2.45) is 0 Å². The number of rotatable bonds is 4. The van der Waals surface area contributed by atoms with Gasteiger partial charge in [-0.05, 0) is 19.1 Å². The molecule has 0 saturated heterocycles. The second kappa shape index (κ2) is 5.27. The zero-order valence-corrected chi connectivity index (χ0v) is 8.40. The van der Waals surface area contributed by atoms with E-state index in [1.54, 1.807) is 0 Å². The highest BCUT2D eigenvalue weighted by atomic mass is 16.6. The average Bonchev–Trinajstić information content (AvgIpc) is 2.16. The van der Waals surface area contributed by atoms with Gasteiger partial charge in [-0.2, -0.15) is 0 Å². The predicted octanol–water partition coefficient (Wildman–Crippen LogP) is 2.02. The molecule has 0 amide bonds. The number of hydrogen-bond acceptors (Lipinski definition) is 3. The summed E-state index contributed by atoms with van der Waals surface area (Å²) in [5.41, 5.74) is 0. The maximum Gasteiger partial charge on any atom is 0.302 e. The van der Waals surface area contributed by atoms with Gasteiger partial charge < -0.3 is 9.47 Å². The Bertz CT molecular complexity index is 282. The number of ether oxygens (including phenoxy) is 2. The molecule has 1 aromatic rings. The van der Waals surface area contributed by atoms with E-state index in [4.69, 9.17) is 9.47 Å². The van der Waals surface area contributed by atoms with Crippen molar-refractivity contribution in [2.45, 2.75) is 20.0 Å². The Balaban J connectivity index is 2.34. The number of carbonyl (C=O) groups excluding carboxylic acids is 1. The summed E-state index contributed by atoms with van der Waals surface area (Å²) in [7, 11) is 0. The summed E-state index contributed by atoms with van der Waals surface area (Å²) in [5, 5.41) is 0. The van der Waals surface area contributed by atoms with Gasteiger partial charge in [-0.25, -0.2) is 0 Å². The smallest absolute Gasteiger partial charge is 0.302 e. The molecule has 0 spiro atoms. The Labute approximate surface area is 83.6 Å². The SMILES string of the molecule is CC(=O)OC[C@H](C)Oc1ccccc1. The van der Waals surface area contributed by atoms with Gasteiger partial charge >= 0.3 is 5.97 Å². The second-order valence-electron chi connectivity index (χ2n) is 3.04. The normalized spacial score (nSPS) is 11.9. The molecular formula is C11H14O3. The zero-order chi connectivity index (χ0) is 10.4. The van der Waals surface area contributed by atoms with E-state index in [2.05, 4.69) is 0 Å². The minimum atomic E-state index is -0.284. The van der Waals surface area contributed by atoms with Crippen LogP contribution in [-0.4, -0.2) is 18.7 Å². The first kappa shape index (κ1) is 10.6. The van der Waals surface area contributed by atoms with Crippen LogP contribution in [0.15, 0.2) is 30.3 Å². The lowest BCUT2D eigenvalue weighted by Crippen LogP contribution is -2.20. The number of hydrogen-bond donors (Lipinski definition) is 0. The highest BCUT2D eigenvalue weighted by Gasteiger charge is 2.04. The maximum atomic E-state index is 10.5. The van der Waals surface area contributed by atoms with Crippen LogP contribution in [0, 0.1) is 0 Å². The lowest BCUT2D eigenvalue weighted by atomic mass is 10.3. The highest BCUT2D eigenvalue weighted by Crippen LogP contribution is 2.10. The van der Waals surface area contributed by atoms with Crippen LogP contribution in [0.4, 0.5) is 0 Å². The molecule has 1 rings (SSSR count). The first-order valence-electron chi connectivity index (χ1n) is 4.53. The Hall–Kier alpha value is -1.51. The molecule has 0 unspecified atom stereocenters. The van der Waals surface area contributed by atoms with Gasteiger partial charge in [0, 0.05) is 6.92 Å². The Kier molecular flexibility index (Phi) is 3.98. The third-order valence-electron chi connectivity index (χ3n) is 1.60. The summed E-state index contributed by atoms with van der Waals surface area (Å²) in [6, 6.07) is 9.44. The lowest BCUT2D eigenvalue weighted by molar-refractivity contribution is -0.143. The highest BCUT2D eigenvalue weighted by molar-refractivity contribution is 5.65. The summed E-state index contributed by atoms with van der Waals surface area (Å²) < 4.78 is 10.3. The van der Waals surface area contributed by atoms with Crippen molar-refractivity contribution in [1.29, 1.82) is 0 Å². The summed E-state index contributed by atoms with van der Waals surface area (Å²) in [6.07, 6.45) is -0.124. The van der Waals surface area contributed by atoms with Crippen LogP contribution in [0.25, 0.3) is 0 Å². The molecule has 76 valence electrons. The molecule has 0 radical (unpaired) electrons. The van der Waals surface area contributed by atoms with Crippen LogP contribution >= 0.6 is 0 Å². The first-order chi connectivity index (χ1) is 6.68. The van der Waals surface area contributed by atoms with E-state index in [0.29, 0.717) is 0 Å². The van der Waals surface area contributed by atoms with Gasteiger partial charge in [-0.15, -0.1) is 0 Å².